The summed E-state index contributed by atoms with van der Waals surface area (Å²) in [5.74, 6) is -0.686. The second-order valence-corrected chi connectivity index (χ2v) is 3.97. The molecule has 1 unspecified atom stereocenters. The van der Waals surface area contributed by atoms with Gasteiger partial charge in [0.1, 0.15) is 0 Å². The molecule has 0 saturated heterocycles. The van der Waals surface area contributed by atoms with Gasteiger partial charge in [-0.25, -0.2) is 0 Å². The van der Waals surface area contributed by atoms with Crippen LogP contribution in [0.5, 0.6) is 0 Å². The first-order valence-electron chi connectivity index (χ1n) is 5.50. The highest BCUT2D eigenvalue weighted by Gasteiger charge is 2.07. The molecule has 0 heterocycles. The van der Waals surface area contributed by atoms with Gasteiger partial charge in [0, 0.05) is 12.5 Å². The van der Waals surface area contributed by atoms with E-state index in [1.165, 1.54) is 12.8 Å². The summed E-state index contributed by atoms with van der Waals surface area (Å²) >= 11 is 0. The Balaban J connectivity index is 0. The summed E-state index contributed by atoms with van der Waals surface area (Å²) in [5, 5.41) is 8.46. The average Bonchev–Trinajstić information content (AvgIpc) is 2.12. The third kappa shape index (κ3) is 10.0. The van der Waals surface area contributed by atoms with Gasteiger partial charge in [-0.15, -0.1) is 12.4 Å². The lowest BCUT2D eigenvalue weighted by Crippen LogP contribution is -2.29. The monoisotopic (exact) mass is 237 g/mol. The first-order chi connectivity index (χ1) is 6.57. The van der Waals surface area contributed by atoms with Crippen molar-refractivity contribution in [1.82, 2.24) is 4.90 Å². The van der Waals surface area contributed by atoms with Crippen molar-refractivity contribution < 1.29 is 9.90 Å². The summed E-state index contributed by atoms with van der Waals surface area (Å²) in [5.41, 5.74) is 0. The van der Waals surface area contributed by atoms with E-state index in [2.05, 4.69) is 25.8 Å². The van der Waals surface area contributed by atoms with Crippen LogP contribution in [0.25, 0.3) is 0 Å². The van der Waals surface area contributed by atoms with Gasteiger partial charge in [0.15, 0.2) is 0 Å². The highest BCUT2D eigenvalue weighted by molar-refractivity contribution is 5.85. The quantitative estimate of drug-likeness (QED) is 0.660. The maximum atomic E-state index is 10.3. The molecule has 4 heteroatoms. The summed E-state index contributed by atoms with van der Waals surface area (Å²) in [4.78, 5) is 12.6. The second kappa shape index (κ2) is 10.2. The van der Waals surface area contributed by atoms with Gasteiger partial charge in [0.05, 0.1) is 0 Å². The molecule has 0 aliphatic carbocycles. The Labute approximate surface area is 99.3 Å². The van der Waals surface area contributed by atoms with Gasteiger partial charge in [-0.3, -0.25) is 4.79 Å². The molecule has 0 bridgehead atoms. The van der Waals surface area contributed by atoms with Crippen molar-refractivity contribution in [2.75, 3.05) is 13.6 Å². The van der Waals surface area contributed by atoms with Crippen molar-refractivity contribution in [1.29, 1.82) is 0 Å². The zero-order chi connectivity index (χ0) is 11.0. The molecule has 0 fully saturated rings. The Morgan fingerprint density at radius 3 is 2.47 bits per heavy atom. The smallest absolute Gasteiger partial charge is 0.303 e. The first kappa shape index (κ1) is 17.1. The number of nitrogens with zero attached hydrogens (tertiary/aromatic N) is 1. The molecule has 0 aliphatic rings. The van der Waals surface area contributed by atoms with E-state index in [0.717, 1.165) is 19.4 Å². The van der Waals surface area contributed by atoms with Crippen LogP contribution in [0, 0.1) is 0 Å². The minimum Gasteiger partial charge on any atom is -0.481 e. The minimum atomic E-state index is -0.686. The molecule has 0 radical (unpaired) electrons. The summed E-state index contributed by atoms with van der Waals surface area (Å²) in [6.45, 7) is 5.42. The molecular formula is C11H24ClNO2. The third-order valence-corrected chi connectivity index (χ3v) is 2.61. The van der Waals surface area contributed by atoms with Crippen LogP contribution in [0.2, 0.25) is 0 Å². The Kier molecular flexibility index (Phi) is 11.7. The molecule has 1 N–H and O–H groups in total. The van der Waals surface area contributed by atoms with Crippen molar-refractivity contribution in [3.05, 3.63) is 0 Å². The van der Waals surface area contributed by atoms with Crippen LogP contribution >= 0.6 is 12.4 Å². The second-order valence-electron chi connectivity index (χ2n) is 3.97. The van der Waals surface area contributed by atoms with E-state index in [1.54, 1.807) is 0 Å². The molecule has 0 aromatic heterocycles. The number of halogens is 1. The van der Waals surface area contributed by atoms with Gasteiger partial charge < -0.3 is 10.0 Å². The molecule has 0 aromatic rings. The molecule has 15 heavy (non-hydrogen) atoms. The number of aliphatic carboxylic acids is 1. The Morgan fingerprint density at radius 1 is 1.40 bits per heavy atom. The zero-order valence-electron chi connectivity index (χ0n) is 10.0. The van der Waals surface area contributed by atoms with E-state index in [1.807, 2.05) is 0 Å². The van der Waals surface area contributed by atoms with Gasteiger partial charge in [0.2, 0.25) is 0 Å². The largest absolute Gasteiger partial charge is 0.481 e. The van der Waals surface area contributed by atoms with Crippen LogP contribution in [-0.2, 0) is 4.79 Å². The van der Waals surface area contributed by atoms with Crippen LogP contribution in [-0.4, -0.2) is 35.6 Å². The predicted molar refractivity (Wildman–Crippen MR) is 65.7 cm³/mol. The van der Waals surface area contributed by atoms with Gasteiger partial charge in [-0.1, -0.05) is 13.3 Å². The molecule has 0 aliphatic heterocycles. The number of hydrogen-bond donors (Lipinski definition) is 1. The fourth-order valence-corrected chi connectivity index (χ4v) is 1.50. The molecule has 0 amide bonds. The van der Waals surface area contributed by atoms with Crippen LogP contribution in [0.1, 0.15) is 46.0 Å². The molecule has 0 rings (SSSR count). The van der Waals surface area contributed by atoms with E-state index in [4.69, 9.17) is 5.11 Å². The number of unbranched alkanes of at least 4 members (excludes halogenated alkanes) is 1. The fourth-order valence-electron chi connectivity index (χ4n) is 1.50. The normalized spacial score (nSPS) is 12.3. The number of rotatable bonds is 8. The Hall–Kier alpha value is -0.280. The molecule has 0 aromatic carbocycles. The van der Waals surface area contributed by atoms with Crippen molar-refractivity contribution in [2.45, 2.75) is 52.0 Å². The van der Waals surface area contributed by atoms with Crippen LogP contribution < -0.4 is 0 Å². The van der Waals surface area contributed by atoms with Crippen LogP contribution in [0.15, 0.2) is 0 Å². The maximum absolute atomic E-state index is 10.3. The van der Waals surface area contributed by atoms with Crippen molar-refractivity contribution in [3.8, 4) is 0 Å². The Morgan fingerprint density at radius 2 is 2.00 bits per heavy atom. The molecule has 0 saturated carbocycles. The summed E-state index contributed by atoms with van der Waals surface area (Å²) < 4.78 is 0. The topological polar surface area (TPSA) is 40.5 Å². The van der Waals surface area contributed by atoms with Crippen LogP contribution in [0.4, 0.5) is 0 Å². The lowest BCUT2D eigenvalue weighted by atomic mass is 10.1. The predicted octanol–water partition coefficient (Wildman–Crippen LogP) is 2.78. The average molecular weight is 238 g/mol. The van der Waals surface area contributed by atoms with Gasteiger partial charge in [0.25, 0.3) is 0 Å². The first-order valence-corrected chi connectivity index (χ1v) is 5.50. The van der Waals surface area contributed by atoms with Crippen molar-refractivity contribution in [3.63, 3.8) is 0 Å². The van der Waals surface area contributed by atoms with Crippen LogP contribution in [0.3, 0.4) is 0 Å². The Bertz CT molecular complexity index is 165. The molecule has 1 atom stereocenters. The van der Waals surface area contributed by atoms with E-state index in [9.17, 15) is 4.79 Å². The number of hydrogen-bond acceptors (Lipinski definition) is 2. The van der Waals surface area contributed by atoms with E-state index >= 15 is 0 Å². The van der Waals surface area contributed by atoms with E-state index < -0.39 is 5.97 Å². The van der Waals surface area contributed by atoms with Gasteiger partial charge >= 0.3 is 5.97 Å². The molecule has 0 spiro atoms. The molecule has 92 valence electrons. The number of carbonyl (C=O) groups is 1. The highest BCUT2D eigenvalue weighted by atomic mass is 35.5. The zero-order valence-corrected chi connectivity index (χ0v) is 10.8. The summed E-state index contributed by atoms with van der Waals surface area (Å²) in [7, 11) is 2.11. The molecule has 3 nitrogen and oxygen atoms in total. The maximum Gasteiger partial charge on any atom is 0.303 e. The number of carboxylic acid groups (broad SMARTS) is 1. The lowest BCUT2D eigenvalue weighted by molar-refractivity contribution is -0.137. The van der Waals surface area contributed by atoms with Gasteiger partial charge in [-0.05, 0) is 39.8 Å². The fraction of sp³-hybridized carbons (Fsp3) is 0.909. The van der Waals surface area contributed by atoms with E-state index in [-0.39, 0.29) is 12.4 Å². The summed E-state index contributed by atoms with van der Waals surface area (Å²) in [6, 6.07) is 0.616. The van der Waals surface area contributed by atoms with Crippen molar-refractivity contribution >= 4 is 18.4 Å². The SMILES string of the molecule is CCCC(C)N(C)CCCCC(=O)O.Cl. The van der Waals surface area contributed by atoms with Gasteiger partial charge in [-0.2, -0.15) is 0 Å². The van der Waals surface area contributed by atoms with Crippen molar-refractivity contribution in [2.24, 2.45) is 0 Å². The number of carboxylic acids is 1. The summed E-state index contributed by atoms with van der Waals surface area (Å²) in [6.07, 6.45) is 4.50. The minimum absolute atomic E-state index is 0. The third-order valence-electron chi connectivity index (χ3n) is 2.61. The highest BCUT2D eigenvalue weighted by Crippen LogP contribution is 2.06. The lowest BCUT2D eigenvalue weighted by Gasteiger charge is -2.23. The standard InChI is InChI=1S/C11H23NO2.ClH/c1-4-7-10(2)12(3)9-6-5-8-11(13)14;/h10H,4-9H2,1-3H3,(H,13,14);1H. The van der Waals surface area contributed by atoms with E-state index in [0.29, 0.717) is 12.5 Å². The molecular weight excluding hydrogens is 214 g/mol.